The quantitative estimate of drug-likeness (QED) is 0.805. The molecule has 4 nitrogen and oxygen atoms in total. The fourth-order valence-corrected chi connectivity index (χ4v) is 3.47. The number of nitrogens with zero attached hydrogens (tertiary/aromatic N) is 3. The zero-order chi connectivity index (χ0) is 19.3. The topological polar surface area (TPSA) is 31.4 Å². The lowest BCUT2D eigenvalue weighted by Crippen LogP contribution is -2.57. The molecule has 1 aliphatic heterocycles. The highest BCUT2D eigenvalue weighted by Gasteiger charge is 2.30. The molecule has 1 saturated heterocycles. The highest BCUT2D eigenvalue weighted by atomic mass is 19.1. The molecule has 1 aliphatic rings. The Morgan fingerprint density at radius 3 is 2.41 bits per heavy atom. The summed E-state index contributed by atoms with van der Waals surface area (Å²) in [7, 11) is 0. The van der Waals surface area contributed by atoms with E-state index < -0.39 is 0 Å². The van der Waals surface area contributed by atoms with Crippen LogP contribution in [0.2, 0.25) is 0 Å². The van der Waals surface area contributed by atoms with Crippen molar-refractivity contribution in [1.82, 2.24) is 14.8 Å². The van der Waals surface area contributed by atoms with Gasteiger partial charge in [-0.1, -0.05) is 12.1 Å². The minimum atomic E-state index is -0.225. The Morgan fingerprint density at radius 1 is 1.00 bits per heavy atom. The lowest BCUT2D eigenvalue weighted by Gasteiger charge is -2.44. The van der Waals surface area contributed by atoms with Gasteiger partial charge < -0.3 is 10.2 Å². The zero-order valence-corrected chi connectivity index (χ0v) is 16.1. The Hall–Kier alpha value is -2.05. The van der Waals surface area contributed by atoms with Crippen molar-refractivity contribution in [1.29, 1.82) is 0 Å². The Morgan fingerprint density at radius 2 is 1.70 bits per heavy atom. The van der Waals surface area contributed by atoms with E-state index in [1.165, 1.54) is 12.1 Å². The van der Waals surface area contributed by atoms with Crippen LogP contribution in [0.1, 0.15) is 19.5 Å². The van der Waals surface area contributed by atoms with Crippen LogP contribution in [0.5, 0.6) is 0 Å². The average molecular weight is 374 g/mol. The van der Waals surface area contributed by atoms with Gasteiger partial charge in [-0.25, -0.2) is 8.78 Å². The van der Waals surface area contributed by atoms with Crippen molar-refractivity contribution in [3.63, 3.8) is 0 Å². The van der Waals surface area contributed by atoms with Gasteiger partial charge in [0.15, 0.2) is 0 Å². The molecule has 0 radical (unpaired) electrons. The summed E-state index contributed by atoms with van der Waals surface area (Å²) < 4.78 is 27.5. The van der Waals surface area contributed by atoms with E-state index in [-0.39, 0.29) is 17.2 Å². The predicted molar refractivity (Wildman–Crippen MR) is 105 cm³/mol. The Labute approximate surface area is 160 Å². The van der Waals surface area contributed by atoms with Crippen LogP contribution in [-0.4, -0.2) is 59.6 Å². The molecule has 1 fully saturated rings. The number of hydrogen-bond donors (Lipinski definition) is 1. The van der Waals surface area contributed by atoms with Crippen molar-refractivity contribution < 1.29 is 8.78 Å². The van der Waals surface area contributed by atoms with E-state index in [1.54, 1.807) is 24.4 Å². The van der Waals surface area contributed by atoms with Gasteiger partial charge >= 0.3 is 0 Å². The van der Waals surface area contributed by atoms with E-state index >= 15 is 0 Å². The normalized spacial score (nSPS) is 16.4. The largest absolute Gasteiger partial charge is 0.381 e. The number of para-hydroxylation sites is 1. The molecule has 2 aromatic rings. The summed E-state index contributed by atoms with van der Waals surface area (Å²) in [4.78, 5) is 8.91. The van der Waals surface area contributed by atoms with Crippen LogP contribution in [0.15, 0.2) is 42.6 Å². The van der Waals surface area contributed by atoms with E-state index in [2.05, 4.69) is 33.9 Å². The fourth-order valence-electron chi connectivity index (χ4n) is 3.47. The average Bonchev–Trinajstić information content (AvgIpc) is 2.67. The number of pyridine rings is 1. The number of anilines is 1. The first kappa shape index (κ1) is 19.7. The first-order chi connectivity index (χ1) is 13.0. The van der Waals surface area contributed by atoms with Gasteiger partial charge in [0.1, 0.15) is 11.6 Å². The molecule has 0 bridgehead atoms. The molecule has 6 heteroatoms. The number of aromatic nitrogens is 1. The second-order valence-electron chi connectivity index (χ2n) is 7.66. The third kappa shape index (κ3) is 5.23. The molecule has 0 atom stereocenters. The van der Waals surface area contributed by atoms with Gasteiger partial charge in [0.05, 0.1) is 11.4 Å². The van der Waals surface area contributed by atoms with Crippen LogP contribution < -0.4 is 5.32 Å². The standard InChI is InChI=1S/C21H28F2N4/c1-21(2,16-25-19-8-4-3-6-17(19)22)27-14-12-26(13-15-27)11-9-20-18(23)7-5-10-24-20/h3-8,10,25H,9,11-16H2,1-2H3. The molecule has 0 spiro atoms. The highest BCUT2D eigenvalue weighted by Crippen LogP contribution is 2.20. The van der Waals surface area contributed by atoms with Crippen LogP contribution >= 0.6 is 0 Å². The molecule has 1 aromatic heterocycles. The molecule has 0 saturated carbocycles. The maximum Gasteiger partial charge on any atom is 0.146 e. The monoisotopic (exact) mass is 374 g/mol. The minimum absolute atomic E-state index is 0.0819. The SMILES string of the molecule is CC(C)(CNc1ccccc1F)N1CCN(CCc2ncccc2F)CC1. The molecule has 3 rings (SSSR count). The molecular weight excluding hydrogens is 346 g/mol. The number of nitrogens with one attached hydrogen (secondary N) is 1. The van der Waals surface area contributed by atoms with E-state index in [1.807, 2.05) is 6.07 Å². The first-order valence-corrected chi connectivity index (χ1v) is 9.51. The molecular formula is C21H28F2N4. The fraction of sp³-hybridized carbons (Fsp3) is 0.476. The molecule has 1 N–H and O–H groups in total. The van der Waals surface area contributed by atoms with Crippen molar-refractivity contribution in [3.8, 4) is 0 Å². The van der Waals surface area contributed by atoms with Crippen LogP contribution in [0, 0.1) is 11.6 Å². The smallest absolute Gasteiger partial charge is 0.146 e. The van der Waals surface area contributed by atoms with Crippen LogP contribution in [-0.2, 0) is 6.42 Å². The summed E-state index contributed by atoms with van der Waals surface area (Å²) in [5.41, 5.74) is 0.998. The summed E-state index contributed by atoms with van der Waals surface area (Å²) >= 11 is 0. The molecule has 0 unspecified atom stereocenters. The summed E-state index contributed by atoms with van der Waals surface area (Å²) in [6.45, 7) is 9.62. The van der Waals surface area contributed by atoms with Crippen molar-refractivity contribution in [2.24, 2.45) is 0 Å². The maximum absolute atomic E-state index is 13.8. The van der Waals surface area contributed by atoms with E-state index in [9.17, 15) is 8.78 Å². The second-order valence-corrected chi connectivity index (χ2v) is 7.66. The van der Waals surface area contributed by atoms with Gasteiger partial charge in [0.25, 0.3) is 0 Å². The highest BCUT2D eigenvalue weighted by molar-refractivity contribution is 5.44. The second kappa shape index (κ2) is 8.76. The summed E-state index contributed by atoms with van der Waals surface area (Å²) in [6, 6.07) is 9.85. The van der Waals surface area contributed by atoms with Gasteiger partial charge in [-0.2, -0.15) is 0 Å². The number of piperazine rings is 1. The Kier molecular flexibility index (Phi) is 6.39. The van der Waals surface area contributed by atoms with Crippen molar-refractivity contribution in [3.05, 3.63) is 59.9 Å². The summed E-state index contributed by atoms with van der Waals surface area (Å²) in [5, 5.41) is 3.23. The van der Waals surface area contributed by atoms with Gasteiger partial charge in [0.2, 0.25) is 0 Å². The molecule has 0 amide bonds. The number of halogens is 2. The molecule has 2 heterocycles. The van der Waals surface area contributed by atoms with Crippen molar-refractivity contribution in [2.45, 2.75) is 25.8 Å². The maximum atomic E-state index is 13.8. The van der Waals surface area contributed by atoms with Crippen LogP contribution in [0.4, 0.5) is 14.5 Å². The predicted octanol–water partition coefficient (Wildman–Crippen LogP) is 3.41. The van der Waals surface area contributed by atoms with Crippen molar-refractivity contribution >= 4 is 5.69 Å². The third-order valence-electron chi connectivity index (χ3n) is 5.31. The van der Waals surface area contributed by atoms with E-state index in [4.69, 9.17) is 0 Å². The lowest BCUT2D eigenvalue weighted by molar-refractivity contribution is 0.0594. The van der Waals surface area contributed by atoms with Crippen LogP contribution in [0.3, 0.4) is 0 Å². The lowest BCUT2D eigenvalue weighted by atomic mass is 10.0. The number of hydrogen-bond acceptors (Lipinski definition) is 4. The molecule has 27 heavy (non-hydrogen) atoms. The van der Waals surface area contributed by atoms with Gasteiger partial charge in [-0.15, -0.1) is 0 Å². The zero-order valence-electron chi connectivity index (χ0n) is 16.1. The van der Waals surface area contributed by atoms with Gasteiger partial charge in [-0.05, 0) is 38.1 Å². The van der Waals surface area contributed by atoms with E-state index in [0.29, 0.717) is 24.3 Å². The number of benzene rings is 1. The molecule has 1 aromatic carbocycles. The number of rotatable bonds is 7. The van der Waals surface area contributed by atoms with E-state index in [0.717, 1.165) is 32.7 Å². The van der Waals surface area contributed by atoms with Crippen LogP contribution in [0.25, 0.3) is 0 Å². The Balaban J connectivity index is 1.46. The summed E-state index contributed by atoms with van der Waals surface area (Å²) in [5.74, 6) is -0.448. The molecule has 0 aliphatic carbocycles. The van der Waals surface area contributed by atoms with Gasteiger partial charge in [0, 0.05) is 57.4 Å². The minimum Gasteiger partial charge on any atom is -0.381 e. The third-order valence-corrected chi connectivity index (χ3v) is 5.31. The molecule has 146 valence electrons. The first-order valence-electron chi connectivity index (χ1n) is 9.51. The summed E-state index contributed by atoms with van der Waals surface area (Å²) in [6.07, 6.45) is 2.27. The van der Waals surface area contributed by atoms with Gasteiger partial charge in [-0.3, -0.25) is 9.88 Å². The van der Waals surface area contributed by atoms with Crippen molar-refractivity contribution in [2.75, 3.05) is 44.6 Å². The Bertz CT molecular complexity index is 742.